The minimum atomic E-state index is -0.721. The van der Waals surface area contributed by atoms with Crippen molar-refractivity contribution < 1.29 is 24.2 Å². The molecule has 2 amide bonds. The third-order valence-corrected chi connectivity index (χ3v) is 5.78. The molecule has 2 bridgehead atoms. The van der Waals surface area contributed by atoms with Gasteiger partial charge in [-0.05, 0) is 17.7 Å². The molecule has 3 aliphatic heterocycles. The second-order valence-corrected chi connectivity index (χ2v) is 7.43. The maximum Gasteiger partial charge on any atom is 0.230 e. The van der Waals surface area contributed by atoms with Gasteiger partial charge in [0, 0.05) is 20.1 Å². The average molecular weight is 372 g/mol. The Morgan fingerprint density at radius 2 is 2.30 bits per heavy atom. The molecule has 0 saturated carbocycles. The lowest BCUT2D eigenvalue weighted by Gasteiger charge is -2.27. The number of carbonyl (C=O) groups is 2. The van der Waals surface area contributed by atoms with Gasteiger partial charge in [-0.1, -0.05) is 24.3 Å². The molecule has 0 radical (unpaired) electrons. The fraction of sp³-hybridized carbons (Fsp3) is 0.500. The van der Waals surface area contributed by atoms with Gasteiger partial charge in [0.05, 0.1) is 38.2 Å². The van der Waals surface area contributed by atoms with Gasteiger partial charge < -0.3 is 24.4 Å². The smallest absolute Gasteiger partial charge is 0.230 e. The minimum absolute atomic E-state index is 0.0552. The topological polar surface area (TPSA) is 79.3 Å². The second kappa shape index (κ2) is 6.65. The second-order valence-electron chi connectivity index (χ2n) is 7.43. The summed E-state index contributed by atoms with van der Waals surface area (Å²) in [6.45, 7) is 1.02. The lowest BCUT2D eigenvalue weighted by Crippen LogP contribution is -2.45. The molecule has 144 valence electrons. The number of benzene rings is 1. The van der Waals surface area contributed by atoms with Gasteiger partial charge in [-0.15, -0.1) is 0 Å². The minimum Gasteiger partial charge on any atom is -0.497 e. The van der Waals surface area contributed by atoms with Crippen molar-refractivity contribution in [1.82, 2.24) is 9.80 Å². The monoisotopic (exact) mass is 372 g/mol. The Morgan fingerprint density at radius 3 is 3.04 bits per heavy atom. The molecule has 1 aromatic carbocycles. The molecule has 0 unspecified atom stereocenters. The highest BCUT2D eigenvalue weighted by Crippen LogP contribution is 2.52. The Kier molecular flexibility index (Phi) is 4.44. The number of nitrogens with zero attached hydrogens (tertiary/aromatic N) is 2. The summed E-state index contributed by atoms with van der Waals surface area (Å²) >= 11 is 0. The van der Waals surface area contributed by atoms with Gasteiger partial charge in [-0.3, -0.25) is 9.59 Å². The lowest BCUT2D eigenvalue weighted by atomic mass is 9.76. The van der Waals surface area contributed by atoms with Crippen molar-refractivity contribution in [2.45, 2.75) is 18.2 Å². The summed E-state index contributed by atoms with van der Waals surface area (Å²) in [6.07, 6.45) is 3.47. The number of methoxy groups -OCH3 is 1. The molecule has 2 saturated heterocycles. The number of aliphatic hydroxyl groups excluding tert-OH is 1. The van der Waals surface area contributed by atoms with Gasteiger partial charge in [0.1, 0.15) is 11.4 Å². The Bertz CT molecular complexity index is 794. The van der Waals surface area contributed by atoms with E-state index in [1.54, 1.807) is 19.1 Å². The van der Waals surface area contributed by atoms with Crippen LogP contribution in [0.15, 0.2) is 36.4 Å². The van der Waals surface area contributed by atoms with Crippen molar-refractivity contribution in [3.8, 4) is 5.75 Å². The first-order chi connectivity index (χ1) is 13.0. The molecular formula is C20H24N2O5. The van der Waals surface area contributed by atoms with E-state index < -0.39 is 17.4 Å². The van der Waals surface area contributed by atoms with Gasteiger partial charge in [0.2, 0.25) is 11.8 Å². The molecule has 7 nitrogen and oxygen atoms in total. The van der Waals surface area contributed by atoms with E-state index >= 15 is 0 Å². The molecule has 7 heteroatoms. The fourth-order valence-corrected chi connectivity index (χ4v) is 4.50. The third kappa shape index (κ3) is 2.82. The van der Waals surface area contributed by atoms with Crippen LogP contribution in [-0.2, 0) is 20.9 Å². The Hall–Kier alpha value is -2.38. The van der Waals surface area contributed by atoms with E-state index in [2.05, 4.69) is 0 Å². The van der Waals surface area contributed by atoms with Crippen LogP contribution in [0.2, 0.25) is 0 Å². The van der Waals surface area contributed by atoms with Crippen LogP contribution in [-0.4, -0.2) is 72.3 Å². The van der Waals surface area contributed by atoms with Gasteiger partial charge in [-0.2, -0.15) is 0 Å². The van der Waals surface area contributed by atoms with Gasteiger partial charge in [0.25, 0.3) is 0 Å². The van der Waals surface area contributed by atoms with Crippen LogP contribution < -0.4 is 4.74 Å². The number of carbonyl (C=O) groups excluding carboxylic acids is 2. The van der Waals surface area contributed by atoms with E-state index in [-0.39, 0.29) is 31.1 Å². The number of hydrogen-bond acceptors (Lipinski definition) is 5. The molecular weight excluding hydrogens is 348 g/mol. The number of hydrogen-bond donors (Lipinski definition) is 1. The van der Waals surface area contributed by atoms with Gasteiger partial charge in [0.15, 0.2) is 0 Å². The summed E-state index contributed by atoms with van der Waals surface area (Å²) in [5.74, 6) is -0.503. The van der Waals surface area contributed by atoms with Crippen molar-refractivity contribution >= 4 is 11.8 Å². The van der Waals surface area contributed by atoms with Gasteiger partial charge >= 0.3 is 0 Å². The largest absolute Gasteiger partial charge is 0.497 e. The molecule has 0 aromatic heterocycles. The molecule has 3 aliphatic rings. The Morgan fingerprint density at radius 1 is 1.48 bits per heavy atom. The number of ether oxygens (including phenoxy) is 2. The molecule has 4 atom stereocenters. The van der Waals surface area contributed by atoms with Crippen LogP contribution in [0.25, 0.3) is 0 Å². The first-order valence-electron chi connectivity index (χ1n) is 9.14. The number of fused-ring (bicyclic) bond motifs is 1. The van der Waals surface area contributed by atoms with Crippen molar-refractivity contribution in [3.05, 3.63) is 42.0 Å². The van der Waals surface area contributed by atoms with Crippen LogP contribution in [0, 0.1) is 11.8 Å². The van der Waals surface area contributed by atoms with E-state index in [4.69, 9.17) is 14.6 Å². The molecule has 27 heavy (non-hydrogen) atoms. The zero-order chi connectivity index (χ0) is 19.2. The van der Waals surface area contributed by atoms with E-state index in [0.29, 0.717) is 13.1 Å². The molecule has 1 aromatic rings. The Balaban J connectivity index is 1.56. The van der Waals surface area contributed by atoms with Crippen molar-refractivity contribution in [3.63, 3.8) is 0 Å². The predicted octanol–water partition coefficient (Wildman–Crippen LogP) is 0.428. The summed E-state index contributed by atoms with van der Waals surface area (Å²) < 4.78 is 11.4. The van der Waals surface area contributed by atoms with E-state index in [9.17, 15) is 9.59 Å². The molecule has 0 aliphatic carbocycles. The highest BCUT2D eigenvalue weighted by Gasteiger charge is 2.67. The molecule has 1 N–H and O–H groups in total. The summed E-state index contributed by atoms with van der Waals surface area (Å²) in [5, 5.41) is 9.12. The van der Waals surface area contributed by atoms with Crippen LogP contribution in [0.4, 0.5) is 0 Å². The predicted molar refractivity (Wildman–Crippen MR) is 96.9 cm³/mol. The maximum atomic E-state index is 13.2. The van der Waals surface area contributed by atoms with Crippen molar-refractivity contribution in [2.24, 2.45) is 11.8 Å². The first kappa shape index (κ1) is 18.0. The van der Waals surface area contributed by atoms with Crippen LogP contribution in [0.3, 0.4) is 0 Å². The van der Waals surface area contributed by atoms with Crippen LogP contribution in [0.1, 0.15) is 5.56 Å². The van der Waals surface area contributed by atoms with Gasteiger partial charge in [-0.25, -0.2) is 0 Å². The van der Waals surface area contributed by atoms with Crippen LogP contribution >= 0.6 is 0 Å². The molecule has 2 fully saturated rings. The number of likely N-dealkylation sites (N-methyl/N-ethyl adjacent to an activating group) is 1. The summed E-state index contributed by atoms with van der Waals surface area (Å²) in [4.78, 5) is 29.3. The van der Waals surface area contributed by atoms with Crippen molar-refractivity contribution in [2.75, 3.05) is 33.9 Å². The highest BCUT2D eigenvalue weighted by molar-refractivity contribution is 5.93. The number of amides is 2. The zero-order valence-corrected chi connectivity index (χ0v) is 15.5. The Labute approximate surface area is 158 Å². The number of aliphatic hydroxyl groups is 1. The SMILES string of the molecule is COc1cccc(CN2C[C@]34C=C[C@H](O3)[C@H](C(=O)N(C)CCO)[C@H]4C2=O)c1. The fourth-order valence-electron chi connectivity index (χ4n) is 4.50. The quantitative estimate of drug-likeness (QED) is 0.733. The summed E-state index contributed by atoms with van der Waals surface area (Å²) in [6, 6.07) is 7.62. The summed E-state index contributed by atoms with van der Waals surface area (Å²) in [7, 11) is 3.26. The summed E-state index contributed by atoms with van der Waals surface area (Å²) in [5.41, 5.74) is 0.249. The third-order valence-electron chi connectivity index (χ3n) is 5.78. The van der Waals surface area contributed by atoms with E-state index in [1.165, 1.54) is 4.90 Å². The first-order valence-corrected chi connectivity index (χ1v) is 9.14. The number of likely N-dealkylation sites (tertiary alicyclic amines) is 1. The van der Waals surface area contributed by atoms with E-state index in [0.717, 1.165) is 11.3 Å². The number of rotatable bonds is 6. The maximum absolute atomic E-state index is 13.2. The molecule has 1 spiro atoms. The zero-order valence-electron chi connectivity index (χ0n) is 15.5. The van der Waals surface area contributed by atoms with Crippen molar-refractivity contribution in [1.29, 1.82) is 0 Å². The molecule has 3 heterocycles. The molecule has 4 rings (SSSR count). The average Bonchev–Trinajstić information content (AvgIpc) is 3.30. The van der Waals surface area contributed by atoms with Crippen LogP contribution in [0.5, 0.6) is 5.75 Å². The normalized spacial score (nSPS) is 30.7. The van der Waals surface area contributed by atoms with E-state index in [1.807, 2.05) is 36.4 Å². The highest BCUT2D eigenvalue weighted by atomic mass is 16.5. The standard InChI is InChI=1S/C20H24N2O5/c1-21(8-9-23)18(24)16-15-6-7-20(27-15)12-22(19(25)17(16)20)11-13-4-3-5-14(10-13)26-2/h3-7,10,15-17,23H,8-9,11-12H2,1-2H3/t15-,16-,17-,20-/m0/s1. The lowest BCUT2D eigenvalue weighted by molar-refractivity contribution is -0.142.